The minimum Gasteiger partial charge on any atom is -0.497 e. The van der Waals surface area contributed by atoms with E-state index in [1.807, 2.05) is 12.1 Å². The Kier molecular flexibility index (Phi) is 6.13. The topological polar surface area (TPSA) is 123 Å². The maximum absolute atomic E-state index is 12.0. The van der Waals surface area contributed by atoms with Crippen molar-refractivity contribution in [3.63, 3.8) is 0 Å². The number of methoxy groups -OCH3 is 1. The van der Waals surface area contributed by atoms with Crippen molar-refractivity contribution in [2.75, 3.05) is 20.3 Å². The van der Waals surface area contributed by atoms with E-state index in [1.165, 1.54) is 6.07 Å². The van der Waals surface area contributed by atoms with Crippen LogP contribution in [0.15, 0.2) is 58.4 Å². The number of fused-ring (bicyclic) bond motifs is 1. The van der Waals surface area contributed by atoms with Crippen LogP contribution >= 0.6 is 0 Å². The molecule has 0 unspecified atom stereocenters. The lowest BCUT2D eigenvalue weighted by atomic mass is 10.2. The Bertz CT molecular complexity index is 1050. The van der Waals surface area contributed by atoms with Gasteiger partial charge < -0.3 is 14.8 Å². The number of sulfonamides is 1. The number of ether oxygens (including phenoxy) is 2. The van der Waals surface area contributed by atoms with Gasteiger partial charge in [0.15, 0.2) is 6.61 Å². The molecule has 0 aliphatic carbocycles. The monoisotopic (exact) mass is 417 g/mol. The van der Waals surface area contributed by atoms with E-state index in [1.54, 1.807) is 37.4 Å². The van der Waals surface area contributed by atoms with E-state index in [9.17, 15) is 18.0 Å². The van der Waals surface area contributed by atoms with E-state index in [4.69, 9.17) is 9.47 Å². The lowest BCUT2D eigenvalue weighted by Gasteiger charge is -2.07. The van der Waals surface area contributed by atoms with E-state index >= 15 is 0 Å². The van der Waals surface area contributed by atoms with Gasteiger partial charge in [-0.15, -0.1) is 0 Å². The van der Waals surface area contributed by atoms with Crippen molar-refractivity contribution in [1.29, 1.82) is 0 Å². The molecule has 0 fully saturated rings. The van der Waals surface area contributed by atoms with E-state index in [-0.39, 0.29) is 17.3 Å². The molecule has 1 heterocycles. The first kappa shape index (κ1) is 20.3. The second-order valence-electron chi connectivity index (χ2n) is 6.05. The Morgan fingerprint density at radius 3 is 2.55 bits per heavy atom. The molecule has 1 aliphatic rings. The minimum atomic E-state index is -3.67. The lowest BCUT2D eigenvalue weighted by molar-refractivity contribution is -0.147. The second kappa shape index (κ2) is 8.74. The second-order valence-corrected chi connectivity index (χ2v) is 7.70. The summed E-state index contributed by atoms with van der Waals surface area (Å²) in [5, 5.41) is 2.63. The minimum absolute atomic E-state index is 0.0708. The number of amides is 1. The van der Waals surface area contributed by atoms with Crippen LogP contribution in [0.3, 0.4) is 0 Å². The molecule has 2 aromatic carbocycles. The summed E-state index contributed by atoms with van der Waals surface area (Å²) in [5.74, 6) is -0.432. The zero-order valence-electron chi connectivity index (χ0n) is 15.5. The largest absolute Gasteiger partial charge is 0.497 e. The van der Waals surface area contributed by atoms with Crippen molar-refractivity contribution >= 4 is 27.7 Å². The van der Waals surface area contributed by atoms with Crippen LogP contribution in [-0.2, 0) is 30.9 Å². The van der Waals surface area contributed by atoms with Gasteiger partial charge in [-0.25, -0.2) is 8.42 Å². The lowest BCUT2D eigenvalue weighted by Crippen LogP contribution is -2.29. The van der Waals surface area contributed by atoms with Crippen molar-refractivity contribution in [2.45, 2.75) is 11.4 Å². The average molecular weight is 417 g/mol. The Morgan fingerprint density at radius 1 is 1.10 bits per heavy atom. The third-order valence-corrected chi connectivity index (χ3v) is 5.44. The van der Waals surface area contributed by atoms with Gasteiger partial charge in [-0.05, 0) is 29.8 Å². The molecule has 0 aromatic heterocycles. The molecule has 1 amide bonds. The molecule has 10 heteroatoms. The standard InChI is InChI=1S/C19H19N3O6S/c1-27-14-8-6-13(7-9-14)10-20-17(23)12-28-18(24)11-21-19-15-4-2-3-5-16(15)29(25,26)22-19/h2-9H,10-12H2,1H3,(H,20,23)(H,21,22). The maximum atomic E-state index is 12.0. The average Bonchev–Trinajstić information content (AvgIpc) is 3.00. The van der Waals surface area contributed by atoms with Crippen molar-refractivity contribution < 1.29 is 27.5 Å². The first-order chi connectivity index (χ1) is 13.9. The molecular weight excluding hydrogens is 398 g/mol. The fourth-order valence-electron chi connectivity index (χ4n) is 2.58. The molecule has 9 nitrogen and oxygen atoms in total. The van der Waals surface area contributed by atoms with Gasteiger partial charge in [-0.3, -0.25) is 19.3 Å². The van der Waals surface area contributed by atoms with Crippen molar-refractivity contribution in [2.24, 2.45) is 4.99 Å². The third kappa shape index (κ3) is 5.11. The van der Waals surface area contributed by atoms with Gasteiger partial charge in [0, 0.05) is 12.1 Å². The van der Waals surface area contributed by atoms with Gasteiger partial charge in [0.05, 0.1) is 12.0 Å². The summed E-state index contributed by atoms with van der Waals surface area (Å²) in [4.78, 5) is 27.7. The third-order valence-electron chi connectivity index (χ3n) is 4.04. The highest BCUT2D eigenvalue weighted by molar-refractivity contribution is 7.90. The molecule has 2 aromatic rings. The normalized spacial score (nSPS) is 15.3. The van der Waals surface area contributed by atoms with Gasteiger partial charge >= 0.3 is 5.97 Å². The Balaban J connectivity index is 1.46. The SMILES string of the molecule is COc1ccc(CNC(=O)COC(=O)CN=C2NS(=O)(=O)c3ccccc32)cc1. The smallest absolute Gasteiger partial charge is 0.328 e. The van der Waals surface area contributed by atoms with Crippen LogP contribution in [0, 0.1) is 0 Å². The summed E-state index contributed by atoms with van der Waals surface area (Å²) < 4.78 is 36.2. The van der Waals surface area contributed by atoms with Crippen LogP contribution in [0.1, 0.15) is 11.1 Å². The molecule has 29 heavy (non-hydrogen) atoms. The summed E-state index contributed by atoms with van der Waals surface area (Å²) >= 11 is 0. The number of nitrogens with zero attached hydrogens (tertiary/aromatic N) is 1. The van der Waals surface area contributed by atoms with Crippen LogP contribution in [0.2, 0.25) is 0 Å². The Labute approximate surface area is 167 Å². The van der Waals surface area contributed by atoms with Crippen LogP contribution in [0.5, 0.6) is 5.75 Å². The number of esters is 1. The van der Waals surface area contributed by atoms with Gasteiger partial charge in [0.2, 0.25) is 0 Å². The van der Waals surface area contributed by atoms with Crippen LogP contribution < -0.4 is 14.8 Å². The van der Waals surface area contributed by atoms with Gasteiger partial charge in [-0.1, -0.05) is 24.3 Å². The first-order valence-corrected chi connectivity index (χ1v) is 10.1. The van der Waals surface area contributed by atoms with Crippen molar-refractivity contribution in [1.82, 2.24) is 10.0 Å². The number of hydrogen-bond acceptors (Lipinski definition) is 7. The predicted octanol–water partition coefficient (Wildman–Crippen LogP) is 0.593. The number of benzene rings is 2. The number of amidine groups is 1. The van der Waals surface area contributed by atoms with Crippen LogP contribution in [0.4, 0.5) is 0 Å². The number of hydrogen-bond donors (Lipinski definition) is 2. The van der Waals surface area contributed by atoms with E-state index < -0.39 is 35.1 Å². The number of carbonyl (C=O) groups is 2. The molecule has 2 N–H and O–H groups in total. The summed E-state index contributed by atoms with van der Waals surface area (Å²) in [5.41, 5.74) is 1.25. The van der Waals surface area contributed by atoms with Gasteiger partial charge in [-0.2, -0.15) is 0 Å². The molecule has 0 radical (unpaired) electrons. The van der Waals surface area contributed by atoms with Crippen molar-refractivity contribution in [3.8, 4) is 5.75 Å². The summed E-state index contributed by atoms with van der Waals surface area (Å²) in [6.07, 6.45) is 0. The molecule has 0 bridgehead atoms. The highest BCUT2D eigenvalue weighted by atomic mass is 32.2. The quantitative estimate of drug-likeness (QED) is 0.636. The van der Waals surface area contributed by atoms with E-state index in [2.05, 4.69) is 15.0 Å². The van der Waals surface area contributed by atoms with Crippen LogP contribution in [-0.4, -0.2) is 46.4 Å². The predicted molar refractivity (Wildman–Crippen MR) is 104 cm³/mol. The fraction of sp³-hybridized carbons (Fsp3) is 0.211. The fourth-order valence-corrected chi connectivity index (χ4v) is 3.83. The Hall–Kier alpha value is -3.40. The maximum Gasteiger partial charge on any atom is 0.328 e. The van der Waals surface area contributed by atoms with E-state index in [0.29, 0.717) is 11.3 Å². The molecule has 0 saturated carbocycles. The molecule has 0 spiro atoms. The summed E-state index contributed by atoms with van der Waals surface area (Å²) in [6, 6.07) is 13.5. The van der Waals surface area contributed by atoms with Gasteiger partial charge in [0.25, 0.3) is 15.9 Å². The van der Waals surface area contributed by atoms with Crippen molar-refractivity contribution in [3.05, 3.63) is 59.7 Å². The zero-order valence-corrected chi connectivity index (χ0v) is 16.4. The molecule has 3 rings (SSSR count). The van der Waals surface area contributed by atoms with Crippen LogP contribution in [0.25, 0.3) is 0 Å². The summed E-state index contributed by atoms with van der Waals surface area (Å²) in [7, 11) is -2.11. The summed E-state index contributed by atoms with van der Waals surface area (Å²) in [6.45, 7) is -0.596. The molecule has 1 aliphatic heterocycles. The molecule has 0 atom stereocenters. The number of aliphatic imine (C=N–C) groups is 1. The highest BCUT2D eigenvalue weighted by Crippen LogP contribution is 2.22. The molecular formula is C19H19N3O6S. The number of nitrogens with one attached hydrogen (secondary N) is 2. The number of rotatable bonds is 7. The zero-order chi connectivity index (χ0) is 20.9. The number of carbonyl (C=O) groups excluding carboxylic acids is 2. The highest BCUT2D eigenvalue weighted by Gasteiger charge is 2.30. The van der Waals surface area contributed by atoms with Gasteiger partial charge in [0.1, 0.15) is 18.1 Å². The molecule has 0 saturated heterocycles. The van der Waals surface area contributed by atoms with E-state index in [0.717, 1.165) is 5.56 Å². The molecule has 152 valence electrons. The first-order valence-electron chi connectivity index (χ1n) is 8.61. The Morgan fingerprint density at radius 2 is 1.83 bits per heavy atom.